The van der Waals surface area contributed by atoms with Gasteiger partial charge in [-0.1, -0.05) is 24.3 Å². The summed E-state index contributed by atoms with van der Waals surface area (Å²) in [6, 6.07) is 8.54. The molecule has 1 unspecified atom stereocenters. The maximum absolute atomic E-state index is 12.1. The lowest BCUT2D eigenvalue weighted by Crippen LogP contribution is -2.45. The van der Waals surface area contributed by atoms with Crippen molar-refractivity contribution in [3.8, 4) is 0 Å². The molecule has 1 fully saturated rings. The molecule has 0 aromatic heterocycles. The van der Waals surface area contributed by atoms with E-state index in [0.29, 0.717) is 13.0 Å². The lowest BCUT2D eigenvalue weighted by molar-refractivity contribution is -0.121. The molecule has 130 valence electrons. The normalized spacial score (nSPS) is 17.9. The van der Waals surface area contributed by atoms with Gasteiger partial charge < -0.3 is 15.8 Å². The van der Waals surface area contributed by atoms with Crippen LogP contribution in [0, 0.1) is 6.92 Å². The number of nitrogens with two attached hydrogens (primary N) is 1. The minimum Gasteiger partial charge on any atom is -0.381 e. The van der Waals surface area contributed by atoms with Gasteiger partial charge >= 0.3 is 0 Å². The van der Waals surface area contributed by atoms with Crippen LogP contribution in [0.4, 0.5) is 0 Å². The van der Waals surface area contributed by atoms with Gasteiger partial charge in [-0.2, -0.15) is 0 Å². The van der Waals surface area contributed by atoms with Crippen molar-refractivity contribution in [2.75, 3.05) is 19.8 Å². The molecule has 5 heteroatoms. The number of rotatable bonds is 6. The summed E-state index contributed by atoms with van der Waals surface area (Å²) < 4.78 is 5.54. The Kier molecular flexibility index (Phi) is 8.03. The molecule has 1 heterocycles. The van der Waals surface area contributed by atoms with Crippen molar-refractivity contribution in [1.82, 2.24) is 5.32 Å². The molecule has 1 aliphatic heterocycles. The highest BCUT2D eigenvalue weighted by Gasteiger charge is 2.35. The quantitative estimate of drug-likeness (QED) is 0.836. The fourth-order valence-corrected chi connectivity index (χ4v) is 3.19. The zero-order valence-corrected chi connectivity index (χ0v) is 15.0. The first-order valence-corrected chi connectivity index (χ1v) is 8.20. The lowest BCUT2D eigenvalue weighted by Gasteiger charge is -2.39. The van der Waals surface area contributed by atoms with Gasteiger partial charge in [-0.25, -0.2) is 0 Å². The van der Waals surface area contributed by atoms with Crippen LogP contribution in [0.15, 0.2) is 24.3 Å². The second-order valence-corrected chi connectivity index (χ2v) is 6.50. The second kappa shape index (κ2) is 9.26. The van der Waals surface area contributed by atoms with E-state index in [2.05, 4.69) is 36.5 Å². The zero-order valence-electron chi connectivity index (χ0n) is 14.1. The predicted octanol–water partition coefficient (Wildman–Crippen LogP) is 2.71. The SMILES string of the molecule is Cc1ccccc1C1(CNC(=O)CCC(C)N)CCOCC1.Cl. The number of amides is 1. The third-order valence-corrected chi connectivity index (χ3v) is 4.62. The van der Waals surface area contributed by atoms with Crippen molar-refractivity contribution >= 4 is 18.3 Å². The molecule has 0 saturated carbocycles. The summed E-state index contributed by atoms with van der Waals surface area (Å²) >= 11 is 0. The summed E-state index contributed by atoms with van der Waals surface area (Å²) in [7, 11) is 0. The average molecular weight is 341 g/mol. The Labute approximate surface area is 145 Å². The standard InChI is InChI=1S/C18H28N2O2.ClH/c1-14-5-3-4-6-16(14)18(9-11-22-12-10-18)13-20-17(21)8-7-15(2)19;/h3-6,15H,7-13,19H2,1-2H3,(H,20,21);1H. The Balaban J connectivity index is 0.00000264. The monoisotopic (exact) mass is 340 g/mol. The molecule has 0 bridgehead atoms. The number of benzene rings is 1. The van der Waals surface area contributed by atoms with Crippen molar-refractivity contribution < 1.29 is 9.53 Å². The van der Waals surface area contributed by atoms with Crippen LogP contribution < -0.4 is 11.1 Å². The minimum absolute atomic E-state index is 0. The molecule has 1 saturated heterocycles. The van der Waals surface area contributed by atoms with Gasteiger partial charge in [0.2, 0.25) is 5.91 Å². The van der Waals surface area contributed by atoms with Gasteiger partial charge in [-0.15, -0.1) is 12.4 Å². The first-order valence-electron chi connectivity index (χ1n) is 8.20. The van der Waals surface area contributed by atoms with E-state index in [4.69, 9.17) is 10.5 Å². The van der Waals surface area contributed by atoms with Gasteiger partial charge in [-0.05, 0) is 44.2 Å². The molecule has 1 amide bonds. The van der Waals surface area contributed by atoms with Crippen LogP contribution in [0.25, 0.3) is 0 Å². The Bertz CT molecular complexity index is 500. The van der Waals surface area contributed by atoms with Crippen LogP contribution in [0.5, 0.6) is 0 Å². The van der Waals surface area contributed by atoms with Crippen LogP contribution in [0.1, 0.15) is 43.7 Å². The number of hydrogen-bond donors (Lipinski definition) is 2. The number of hydrogen-bond acceptors (Lipinski definition) is 3. The van der Waals surface area contributed by atoms with Crippen molar-refractivity contribution in [3.05, 3.63) is 35.4 Å². The Morgan fingerprint density at radius 1 is 1.35 bits per heavy atom. The molecule has 0 radical (unpaired) electrons. The number of carbonyl (C=O) groups excluding carboxylic acids is 1. The summed E-state index contributed by atoms with van der Waals surface area (Å²) in [5, 5.41) is 3.12. The fraction of sp³-hybridized carbons (Fsp3) is 0.611. The first kappa shape index (κ1) is 19.9. The number of ether oxygens (including phenoxy) is 1. The summed E-state index contributed by atoms with van der Waals surface area (Å²) in [6.07, 6.45) is 3.13. The Morgan fingerprint density at radius 3 is 2.61 bits per heavy atom. The van der Waals surface area contributed by atoms with Gasteiger partial charge in [0.1, 0.15) is 0 Å². The molecule has 1 atom stereocenters. The topological polar surface area (TPSA) is 64.4 Å². The minimum atomic E-state index is -0.00637. The molecule has 4 nitrogen and oxygen atoms in total. The molecule has 23 heavy (non-hydrogen) atoms. The van der Waals surface area contributed by atoms with Crippen LogP contribution >= 0.6 is 12.4 Å². The molecular weight excluding hydrogens is 312 g/mol. The summed E-state index contributed by atoms with van der Waals surface area (Å²) in [4.78, 5) is 12.1. The largest absolute Gasteiger partial charge is 0.381 e. The van der Waals surface area contributed by atoms with Gasteiger partial charge in [-0.3, -0.25) is 4.79 Å². The van der Waals surface area contributed by atoms with Crippen LogP contribution in [0.2, 0.25) is 0 Å². The van der Waals surface area contributed by atoms with E-state index >= 15 is 0 Å². The highest BCUT2D eigenvalue weighted by Crippen LogP contribution is 2.36. The van der Waals surface area contributed by atoms with Gasteiger partial charge in [0.05, 0.1) is 0 Å². The highest BCUT2D eigenvalue weighted by molar-refractivity contribution is 5.85. The first-order chi connectivity index (χ1) is 10.5. The molecule has 3 N–H and O–H groups in total. The maximum atomic E-state index is 12.1. The number of halogens is 1. The Hall–Kier alpha value is -1.10. The van der Waals surface area contributed by atoms with Crippen molar-refractivity contribution in [2.24, 2.45) is 5.73 Å². The summed E-state index contributed by atoms with van der Waals surface area (Å²) in [5.41, 5.74) is 8.34. The number of nitrogens with one attached hydrogen (secondary N) is 1. The van der Waals surface area contributed by atoms with Gasteiger partial charge in [0.15, 0.2) is 0 Å². The molecule has 2 rings (SSSR count). The maximum Gasteiger partial charge on any atom is 0.220 e. The molecule has 0 spiro atoms. The van der Waals surface area contributed by atoms with Gasteiger partial charge in [0, 0.05) is 37.6 Å². The molecule has 1 aromatic carbocycles. The van der Waals surface area contributed by atoms with Crippen LogP contribution in [-0.4, -0.2) is 31.7 Å². The van der Waals surface area contributed by atoms with Crippen LogP contribution in [-0.2, 0) is 14.9 Å². The fourth-order valence-electron chi connectivity index (χ4n) is 3.19. The van der Waals surface area contributed by atoms with Crippen molar-refractivity contribution in [3.63, 3.8) is 0 Å². The van der Waals surface area contributed by atoms with E-state index in [1.807, 2.05) is 6.92 Å². The smallest absolute Gasteiger partial charge is 0.220 e. The zero-order chi connectivity index (χ0) is 16.0. The lowest BCUT2D eigenvalue weighted by atomic mass is 9.72. The second-order valence-electron chi connectivity index (χ2n) is 6.50. The van der Waals surface area contributed by atoms with Gasteiger partial charge in [0.25, 0.3) is 0 Å². The van der Waals surface area contributed by atoms with E-state index in [1.54, 1.807) is 0 Å². The molecule has 0 aliphatic carbocycles. The number of aryl methyl sites for hydroxylation is 1. The van der Waals surface area contributed by atoms with Crippen molar-refractivity contribution in [1.29, 1.82) is 0 Å². The summed E-state index contributed by atoms with van der Waals surface area (Å²) in [6.45, 7) is 6.26. The van der Waals surface area contributed by atoms with E-state index in [9.17, 15) is 4.79 Å². The average Bonchev–Trinajstić information content (AvgIpc) is 2.52. The third-order valence-electron chi connectivity index (χ3n) is 4.62. The van der Waals surface area contributed by atoms with E-state index in [1.165, 1.54) is 11.1 Å². The molecule has 1 aliphatic rings. The van der Waals surface area contributed by atoms with Crippen molar-refractivity contribution in [2.45, 2.75) is 51.0 Å². The molecular formula is C18H29ClN2O2. The third kappa shape index (κ3) is 5.48. The molecule has 1 aromatic rings. The Morgan fingerprint density at radius 2 is 2.00 bits per heavy atom. The summed E-state index contributed by atoms with van der Waals surface area (Å²) in [5.74, 6) is 0.0942. The number of carbonyl (C=O) groups is 1. The van der Waals surface area contributed by atoms with Crippen LogP contribution in [0.3, 0.4) is 0 Å². The van der Waals surface area contributed by atoms with E-state index in [0.717, 1.165) is 32.5 Å². The van der Waals surface area contributed by atoms with E-state index < -0.39 is 0 Å². The predicted molar refractivity (Wildman–Crippen MR) is 96.1 cm³/mol. The highest BCUT2D eigenvalue weighted by atomic mass is 35.5. The van der Waals surface area contributed by atoms with E-state index in [-0.39, 0.29) is 29.8 Å².